The topological polar surface area (TPSA) is 20.2 Å². The van der Waals surface area contributed by atoms with Crippen molar-refractivity contribution in [3.8, 4) is 11.8 Å². The third kappa shape index (κ3) is 11.3. The van der Waals surface area contributed by atoms with Crippen molar-refractivity contribution >= 4 is 0 Å². The average Bonchev–Trinajstić information content (AvgIpc) is 2.21. The molecule has 0 aromatic heterocycles. The smallest absolute Gasteiger partial charge is 0.0431 e. The minimum Gasteiger partial charge on any atom is -0.396 e. The number of hydrogen-bond donors (Lipinski definition) is 1. The van der Waals surface area contributed by atoms with E-state index in [9.17, 15) is 0 Å². The molecule has 0 radical (unpaired) electrons. The Hall–Kier alpha value is -0.740. The summed E-state index contributed by atoms with van der Waals surface area (Å²) in [5, 5.41) is 8.56. The number of aliphatic hydroxyl groups is 1. The van der Waals surface area contributed by atoms with Crippen LogP contribution in [-0.2, 0) is 0 Å². The Kier molecular flexibility index (Phi) is 11.6. The second-order valence-electron chi connectivity index (χ2n) is 3.44. The van der Waals surface area contributed by atoms with Crippen LogP contribution < -0.4 is 0 Å². The Labute approximate surface area is 88.2 Å². The summed E-state index contributed by atoms with van der Waals surface area (Å²) in [6.07, 6.45) is 10.8. The molecule has 0 fully saturated rings. The van der Waals surface area contributed by atoms with Crippen molar-refractivity contribution in [3.63, 3.8) is 0 Å². The van der Waals surface area contributed by atoms with Crippen molar-refractivity contribution < 1.29 is 5.11 Å². The van der Waals surface area contributed by atoms with E-state index in [1.807, 2.05) is 6.08 Å². The van der Waals surface area contributed by atoms with Crippen molar-refractivity contribution in [1.29, 1.82) is 0 Å². The monoisotopic (exact) mass is 194 g/mol. The molecule has 0 spiro atoms. The molecular formula is C13H22O. The molecule has 1 N–H and O–H groups in total. The van der Waals surface area contributed by atoms with Crippen molar-refractivity contribution in [2.75, 3.05) is 6.61 Å². The third-order valence-electron chi connectivity index (χ3n) is 2.08. The van der Waals surface area contributed by atoms with E-state index in [-0.39, 0.29) is 0 Å². The number of aliphatic hydroxyl groups excluding tert-OH is 1. The number of allylic oxidation sites excluding steroid dienone is 1. The normalized spacial score (nSPS) is 9.21. The molecule has 0 bridgehead atoms. The first kappa shape index (κ1) is 13.3. The standard InChI is InChI=1S/C13H22O/c1-2-3-4-5-6-7-8-9-10-11-12-13-14/h2,14H,1,3,6-13H2. The zero-order valence-electron chi connectivity index (χ0n) is 9.10. The highest BCUT2D eigenvalue weighted by Crippen LogP contribution is 2.06. The minimum absolute atomic E-state index is 0.340. The summed E-state index contributed by atoms with van der Waals surface area (Å²) in [6, 6.07) is 0. The van der Waals surface area contributed by atoms with Gasteiger partial charge in [0.25, 0.3) is 0 Å². The maximum atomic E-state index is 8.56. The van der Waals surface area contributed by atoms with Crippen LogP contribution in [0.1, 0.15) is 51.4 Å². The molecule has 0 heterocycles. The molecule has 0 atom stereocenters. The first-order chi connectivity index (χ1) is 6.91. The van der Waals surface area contributed by atoms with Gasteiger partial charge >= 0.3 is 0 Å². The number of rotatable bonds is 8. The van der Waals surface area contributed by atoms with Gasteiger partial charge in [-0.1, -0.05) is 37.7 Å². The molecule has 0 aliphatic heterocycles. The van der Waals surface area contributed by atoms with Crippen LogP contribution in [0.2, 0.25) is 0 Å². The van der Waals surface area contributed by atoms with E-state index >= 15 is 0 Å². The molecule has 0 rings (SSSR count). The second-order valence-corrected chi connectivity index (χ2v) is 3.44. The SMILES string of the molecule is C=CCC#CCCCCCCCCO. The second kappa shape index (κ2) is 12.3. The number of hydrogen-bond acceptors (Lipinski definition) is 1. The Morgan fingerprint density at radius 2 is 1.57 bits per heavy atom. The van der Waals surface area contributed by atoms with Gasteiger partial charge in [-0.05, 0) is 12.8 Å². The quantitative estimate of drug-likeness (QED) is 0.357. The molecule has 0 aromatic carbocycles. The van der Waals surface area contributed by atoms with Gasteiger partial charge in [0.15, 0.2) is 0 Å². The third-order valence-corrected chi connectivity index (χ3v) is 2.08. The van der Waals surface area contributed by atoms with Crippen LogP contribution >= 0.6 is 0 Å². The molecule has 0 aromatic rings. The fourth-order valence-electron chi connectivity index (χ4n) is 1.27. The van der Waals surface area contributed by atoms with Crippen LogP contribution in [0.15, 0.2) is 12.7 Å². The lowest BCUT2D eigenvalue weighted by molar-refractivity contribution is 0.282. The van der Waals surface area contributed by atoms with E-state index in [1.54, 1.807) is 0 Å². The van der Waals surface area contributed by atoms with Gasteiger partial charge in [-0.3, -0.25) is 0 Å². The van der Waals surface area contributed by atoms with Gasteiger partial charge in [-0.2, -0.15) is 0 Å². The van der Waals surface area contributed by atoms with Crippen LogP contribution in [0, 0.1) is 11.8 Å². The van der Waals surface area contributed by atoms with E-state index < -0.39 is 0 Å². The summed E-state index contributed by atoms with van der Waals surface area (Å²) in [6.45, 7) is 3.95. The zero-order chi connectivity index (χ0) is 10.5. The van der Waals surface area contributed by atoms with Gasteiger partial charge in [0, 0.05) is 19.4 Å². The predicted octanol–water partition coefficient (Wildman–Crippen LogP) is 3.29. The van der Waals surface area contributed by atoms with E-state index in [1.165, 1.54) is 32.1 Å². The van der Waals surface area contributed by atoms with Gasteiger partial charge in [0.2, 0.25) is 0 Å². The summed E-state index contributed by atoms with van der Waals surface area (Å²) in [5.74, 6) is 6.17. The molecule has 14 heavy (non-hydrogen) atoms. The molecule has 1 nitrogen and oxygen atoms in total. The van der Waals surface area contributed by atoms with E-state index in [2.05, 4.69) is 18.4 Å². The van der Waals surface area contributed by atoms with Crippen LogP contribution in [0.25, 0.3) is 0 Å². The van der Waals surface area contributed by atoms with Crippen LogP contribution in [0.4, 0.5) is 0 Å². The van der Waals surface area contributed by atoms with Crippen LogP contribution in [0.3, 0.4) is 0 Å². The fraction of sp³-hybridized carbons (Fsp3) is 0.692. The van der Waals surface area contributed by atoms with Gasteiger partial charge in [0.1, 0.15) is 0 Å². The molecule has 1 heteroatoms. The Bertz CT molecular complexity index is 173. The first-order valence-corrected chi connectivity index (χ1v) is 5.59. The zero-order valence-corrected chi connectivity index (χ0v) is 9.10. The molecule has 0 aliphatic rings. The fourth-order valence-corrected chi connectivity index (χ4v) is 1.27. The summed E-state index contributed by atoms with van der Waals surface area (Å²) in [5.41, 5.74) is 0. The Morgan fingerprint density at radius 3 is 2.21 bits per heavy atom. The highest BCUT2D eigenvalue weighted by molar-refractivity contribution is 5.02. The summed E-state index contributed by atoms with van der Waals surface area (Å²) in [4.78, 5) is 0. The highest BCUT2D eigenvalue weighted by atomic mass is 16.2. The van der Waals surface area contributed by atoms with Gasteiger partial charge < -0.3 is 5.11 Å². The molecular weight excluding hydrogens is 172 g/mol. The first-order valence-electron chi connectivity index (χ1n) is 5.59. The lowest BCUT2D eigenvalue weighted by atomic mass is 10.1. The molecule has 0 saturated heterocycles. The van der Waals surface area contributed by atoms with Crippen LogP contribution in [-0.4, -0.2) is 11.7 Å². The lowest BCUT2D eigenvalue weighted by Crippen LogP contribution is -1.83. The Balaban J connectivity index is 2.99. The highest BCUT2D eigenvalue weighted by Gasteiger charge is 1.89. The largest absolute Gasteiger partial charge is 0.396 e. The molecule has 0 unspecified atom stereocenters. The van der Waals surface area contributed by atoms with E-state index in [4.69, 9.17) is 5.11 Å². The Morgan fingerprint density at radius 1 is 0.929 bits per heavy atom. The van der Waals surface area contributed by atoms with Crippen molar-refractivity contribution in [1.82, 2.24) is 0 Å². The number of unbranched alkanes of at least 4 members (excludes halogenated alkanes) is 6. The van der Waals surface area contributed by atoms with Crippen molar-refractivity contribution in [3.05, 3.63) is 12.7 Å². The summed E-state index contributed by atoms with van der Waals surface area (Å²) < 4.78 is 0. The van der Waals surface area contributed by atoms with E-state index in [0.717, 1.165) is 19.3 Å². The summed E-state index contributed by atoms with van der Waals surface area (Å²) in [7, 11) is 0. The van der Waals surface area contributed by atoms with Gasteiger partial charge in [-0.15, -0.1) is 12.5 Å². The summed E-state index contributed by atoms with van der Waals surface area (Å²) >= 11 is 0. The minimum atomic E-state index is 0.340. The molecule has 0 aliphatic carbocycles. The maximum absolute atomic E-state index is 8.56. The molecule has 0 amide bonds. The molecule has 0 saturated carbocycles. The maximum Gasteiger partial charge on any atom is 0.0431 e. The predicted molar refractivity (Wildman–Crippen MR) is 62.0 cm³/mol. The van der Waals surface area contributed by atoms with Crippen molar-refractivity contribution in [2.45, 2.75) is 51.4 Å². The van der Waals surface area contributed by atoms with Gasteiger partial charge in [-0.25, -0.2) is 0 Å². The lowest BCUT2D eigenvalue weighted by Gasteiger charge is -1.97. The average molecular weight is 194 g/mol. The van der Waals surface area contributed by atoms with Crippen molar-refractivity contribution in [2.24, 2.45) is 0 Å². The van der Waals surface area contributed by atoms with E-state index in [0.29, 0.717) is 6.61 Å². The van der Waals surface area contributed by atoms with Gasteiger partial charge in [0.05, 0.1) is 0 Å². The van der Waals surface area contributed by atoms with Crippen LogP contribution in [0.5, 0.6) is 0 Å². The molecule has 80 valence electrons.